The van der Waals surface area contributed by atoms with Gasteiger partial charge in [-0.1, -0.05) is 13.8 Å². The van der Waals surface area contributed by atoms with Crippen molar-refractivity contribution in [3.63, 3.8) is 0 Å². The third kappa shape index (κ3) is 4.57. The topological polar surface area (TPSA) is 53.7 Å². The van der Waals surface area contributed by atoms with Crippen LogP contribution in [0, 0.1) is 5.41 Å². The molecule has 0 aliphatic rings. The molecular formula is C9H21NO3. The standard InChI is InChI=1S/C9H21NO3/c1-5-11-8(12-6-2)9(3,4)7-13-10/h8H,5-7,10H2,1-4H3. The van der Waals surface area contributed by atoms with Crippen molar-refractivity contribution in [1.29, 1.82) is 0 Å². The summed E-state index contributed by atoms with van der Waals surface area (Å²) in [5.74, 6) is 5.03. The monoisotopic (exact) mass is 191 g/mol. The van der Waals surface area contributed by atoms with Crippen LogP contribution >= 0.6 is 0 Å². The molecule has 0 rings (SSSR count). The Morgan fingerprint density at radius 1 is 1.15 bits per heavy atom. The van der Waals surface area contributed by atoms with E-state index in [1.807, 2.05) is 27.7 Å². The third-order valence-corrected chi connectivity index (χ3v) is 1.73. The van der Waals surface area contributed by atoms with Crippen LogP contribution in [0.4, 0.5) is 0 Å². The lowest BCUT2D eigenvalue weighted by Gasteiger charge is -2.32. The Kier molecular flexibility index (Phi) is 6.24. The second-order valence-electron chi connectivity index (χ2n) is 3.54. The Labute approximate surface area is 80.3 Å². The van der Waals surface area contributed by atoms with Gasteiger partial charge in [-0.3, -0.25) is 0 Å². The van der Waals surface area contributed by atoms with Crippen LogP contribution in [0.3, 0.4) is 0 Å². The molecular weight excluding hydrogens is 170 g/mol. The second-order valence-corrected chi connectivity index (χ2v) is 3.54. The van der Waals surface area contributed by atoms with Gasteiger partial charge in [-0.05, 0) is 13.8 Å². The summed E-state index contributed by atoms with van der Waals surface area (Å²) >= 11 is 0. The van der Waals surface area contributed by atoms with Crippen LogP contribution < -0.4 is 5.90 Å². The number of ether oxygens (including phenoxy) is 2. The van der Waals surface area contributed by atoms with E-state index in [2.05, 4.69) is 4.84 Å². The van der Waals surface area contributed by atoms with E-state index in [4.69, 9.17) is 15.4 Å². The van der Waals surface area contributed by atoms with Crippen LogP contribution in [-0.2, 0) is 14.3 Å². The van der Waals surface area contributed by atoms with E-state index in [1.165, 1.54) is 0 Å². The summed E-state index contributed by atoms with van der Waals surface area (Å²) in [6.07, 6.45) is -0.258. The zero-order chi connectivity index (χ0) is 10.3. The summed E-state index contributed by atoms with van der Waals surface area (Å²) in [5.41, 5.74) is -0.221. The first-order valence-corrected chi connectivity index (χ1v) is 4.63. The highest BCUT2D eigenvalue weighted by Gasteiger charge is 2.31. The molecule has 0 aromatic heterocycles. The molecule has 80 valence electrons. The molecule has 0 unspecified atom stereocenters. The van der Waals surface area contributed by atoms with Gasteiger partial charge >= 0.3 is 0 Å². The molecule has 0 spiro atoms. The van der Waals surface area contributed by atoms with Crippen molar-refractivity contribution >= 4 is 0 Å². The van der Waals surface area contributed by atoms with Crippen molar-refractivity contribution in [3.05, 3.63) is 0 Å². The van der Waals surface area contributed by atoms with Gasteiger partial charge in [0, 0.05) is 18.6 Å². The smallest absolute Gasteiger partial charge is 0.164 e. The van der Waals surface area contributed by atoms with Gasteiger partial charge in [0.15, 0.2) is 6.29 Å². The average molecular weight is 191 g/mol. The van der Waals surface area contributed by atoms with Crippen LogP contribution in [0.2, 0.25) is 0 Å². The predicted octanol–water partition coefficient (Wildman–Crippen LogP) is 1.30. The van der Waals surface area contributed by atoms with Crippen molar-refractivity contribution in [2.24, 2.45) is 11.3 Å². The predicted molar refractivity (Wildman–Crippen MR) is 51.0 cm³/mol. The van der Waals surface area contributed by atoms with Crippen molar-refractivity contribution in [2.75, 3.05) is 19.8 Å². The summed E-state index contributed by atoms with van der Waals surface area (Å²) in [7, 11) is 0. The normalized spacial score (nSPS) is 12.5. The maximum absolute atomic E-state index is 5.44. The molecule has 0 aromatic rings. The molecule has 0 bridgehead atoms. The van der Waals surface area contributed by atoms with Crippen molar-refractivity contribution < 1.29 is 14.3 Å². The van der Waals surface area contributed by atoms with Crippen molar-refractivity contribution in [1.82, 2.24) is 0 Å². The number of nitrogens with two attached hydrogens (primary N) is 1. The lowest BCUT2D eigenvalue weighted by Crippen LogP contribution is -2.39. The van der Waals surface area contributed by atoms with Gasteiger partial charge in [-0.2, -0.15) is 0 Å². The molecule has 0 atom stereocenters. The van der Waals surface area contributed by atoms with Crippen LogP contribution in [0.25, 0.3) is 0 Å². The van der Waals surface area contributed by atoms with Gasteiger partial charge in [-0.25, -0.2) is 5.90 Å². The Balaban J connectivity index is 4.13. The zero-order valence-electron chi connectivity index (χ0n) is 9.00. The average Bonchev–Trinajstić information content (AvgIpc) is 2.04. The lowest BCUT2D eigenvalue weighted by atomic mass is 9.94. The van der Waals surface area contributed by atoms with Crippen molar-refractivity contribution in [2.45, 2.75) is 34.0 Å². The van der Waals surface area contributed by atoms with E-state index in [9.17, 15) is 0 Å². The molecule has 0 aliphatic heterocycles. The minimum absolute atomic E-state index is 0.221. The minimum Gasteiger partial charge on any atom is -0.352 e. The van der Waals surface area contributed by atoms with E-state index >= 15 is 0 Å². The van der Waals surface area contributed by atoms with Crippen molar-refractivity contribution in [3.8, 4) is 0 Å². The highest BCUT2D eigenvalue weighted by molar-refractivity contribution is 4.72. The van der Waals surface area contributed by atoms with Gasteiger partial charge in [0.05, 0.1) is 6.61 Å². The van der Waals surface area contributed by atoms with Gasteiger partial charge in [0.1, 0.15) is 0 Å². The summed E-state index contributed by atoms with van der Waals surface area (Å²) in [4.78, 5) is 4.62. The highest BCUT2D eigenvalue weighted by atomic mass is 16.7. The van der Waals surface area contributed by atoms with E-state index in [1.54, 1.807) is 0 Å². The van der Waals surface area contributed by atoms with Crippen LogP contribution in [0.5, 0.6) is 0 Å². The quantitative estimate of drug-likeness (QED) is 0.487. The van der Waals surface area contributed by atoms with Gasteiger partial charge in [0.25, 0.3) is 0 Å². The number of rotatable bonds is 7. The maximum atomic E-state index is 5.44. The second kappa shape index (κ2) is 6.32. The fourth-order valence-electron chi connectivity index (χ4n) is 1.08. The first-order chi connectivity index (χ1) is 6.08. The third-order valence-electron chi connectivity index (χ3n) is 1.73. The van der Waals surface area contributed by atoms with Crippen LogP contribution in [0.15, 0.2) is 0 Å². The van der Waals surface area contributed by atoms with E-state index < -0.39 is 0 Å². The molecule has 0 radical (unpaired) electrons. The molecule has 2 N–H and O–H groups in total. The van der Waals surface area contributed by atoms with Gasteiger partial charge in [-0.15, -0.1) is 0 Å². The molecule has 0 heterocycles. The fraction of sp³-hybridized carbons (Fsp3) is 1.00. The highest BCUT2D eigenvalue weighted by Crippen LogP contribution is 2.24. The summed E-state index contributed by atoms with van der Waals surface area (Å²) < 4.78 is 10.9. The zero-order valence-corrected chi connectivity index (χ0v) is 9.00. The summed E-state index contributed by atoms with van der Waals surface area (Å²) in [5, 5.41) is 0. The number of hydrogen-bond acceptors (Lipinski definition) is 4. The first-order valence-electron chi connectivity index (χ1n) is 4.63. The molecule has 0 aromatic carbocycles. The molecule has 0 saturated carbocycles. The van der Waals surface area contributed by atoms with Crippen LogP contribution in [0.1, 0.15) is 27.7 Å². The minimum atomic E-state index is -0.258. The van der Waals surface area contributed by atoms with Gasteiger partial charge < -0.3 is 14.3 Å². The molecule has 13 heavy (non-hydrogen) atoms. The molecule has 0 fully saturated rings. The van der Waals surface area contributed by atoms with Gasteiger partial charge in [0.2, 0.25) is 0 Å². The largest absolute Gasteiger partial charge is 0.352 e. The molecule has 0 aliphatic carbocycles. The number of hydrogen-bond donors (Lipinski definition) is 1. The first kappa shape index (κ1) is 12.8. The summed E-state index contributed by atoms with van der Waals surface area (Å²) in [6.45, 7) is 9.53. The molecule has 0 amide bonds. The molecule has 4 heteroatoms. The van der Waals surface area contributed by atoms with Crippen LogP contribution in [-0.4, -0.2) is 26.1 Å². The molecule has 4 nitrogen and oxygen atoms in total. The van der Waals surface area contributed by atoms with E-state index in [0.717, 1.165) is 0 Å². The molecule has 0 saturated heterocycles. The maximum Gasteiger partial charge on any atom is 0.164 e. The van der Waals surface area contributed by atoms with E-state index in [0.29, 0.717) is 19.8 Å². The lowest BCUT2D eigenvalue weighted by molar-refractivity contribution is -0.207. The van der Waals surface area contributed by atoms with E-state index in [-0.39, 0.29) is 11.7 Å². The fourth-order valence-corrected chi connectivity index (χ4v) is 1.08. The Hall–Kier alpha value is -0.160. The Bertz CT molecular complexity index is 122. The Morgan fingerprint density at radius 2 is 1.62 bits per heavy atom. The SMILES string of the molecule is CCOC(OCC)C(C)(C)CON. The Morgan fingerprint density at radius 3 is 1.92 bits per heavy atom. The summed E-state index contributed by atoms with van der Waals surface area (Å²) in [6, 6.07) is 0.